The number of nitrogens with one attached hydrogen (secondary N) is 1. The number of hydrogen-bond donors (Lipinski definition) is 1. The number of anilines is 1. The van der Waals surface area contributed by atoms with Gasteiger partial charge in [-0.05, 0) is 30.7 Å². The third kappa shape index (κ3) is 3.76. The van der Waals surface area contributed by atoms with Crippen LogP contribution in [0.3, 0.4) is 0 Å². The third-order valence-corrected chi connectivity index (χ3v) is 3.45. The maximum absolute atomic E-state index is 13.6. The fourth-order valence-corrected chi connectivity index (χ4v) is 2.06. The number of ether oxygens (including phenoxy) is 1. The quantitative estimate of drug-likeness (QED) is 0.676. The molecule has 24 heavy (non-hydrogen) atoms. The second kappa shape index (κ2) is 7.38. The maximum atomic E-state index is 13.6. The van der Waals surface area contributed by atoms with Gasteiger partial charge in [-0.25, -0.2) is 4.39 Å². The summed E-state index contributed by atoms with van der Waals surface area (Å²) in [5.74, 6) is -3.15. The highest BCUT2D eigenvalue weighted by Crippen LogP contribution is 2.19. The van der Waals surface area contributed by atoms with E-state index in [2.05, 4.69) is 5.32 Å². The summed E-state index contributed by atoms with van der Waals surface area (Å²) in [6, 6.07) is 12.0. The summed E-state index contributed by atoms with van der Waals surface area (Å²) in [7, 11) is 1.48. The Morgan fingerprint density at radius 1 is 1.25 bits per heavy atom. The van der Waals surface area contributed by atoms with Crippen LogP contribution in [0.25, 0.3) is 0 Å². The summed E-state index contributed by atoms with van der Waals surface area (Å²) >= 11 is 0. The summed E-state index contributed by atoms with van der Waals surface area (Å²) in [6.45, 7) is 1.56. The molecule has 0 heterocycles. The molecule has 1 atom stereocenters. The fraction of sp³-hybridized carbons (Fsp3) is 0.167. The van der Waals surface area contributed by atoms with Crippen molar-refractivity contribution in [3.63, 3.8) is 0 Å². The smallest absolute Gasteiger partial charge is 0.249 e. The number of rotatable bonds is 5. The Bertz CT molecular complexity index is 827. The number of ketones is 1. The van der Waals surface area contributed by atoms with Gasteiger partial charge in [0, 0.05) is 17.3 Å². The van der Waals surface area contributed by atoms with Gasteiger partial charge in [0.1, 0.15) is 11.6 Å². The molecule has 0 fully saturated rings. The van der Waals surface area contributed by atoms with Gasteiger partial charge >= 0.3 is 0 Å². The molecule has 0 bridgehead atoms. The number of carbonyl (C=O) groups is 2. The average Bonchev–Trinajstić information content (AvgIpc) is 2.58. The van der Waals surface area contributed by atoms with Gasteiger partial charge in [0.05, 0.1) is 13.2 Å². The van der Waals surface area contributed by atoms with E-state index in [0.29, 0.717) is 17.0 Å². The molecule has 6 heteroatoms. The van der Waals surface area contributed by atoms with Gasteiger partial charge < -0.3 is 10.1 Å². The van der Waals surface area contributed by atoms with E-state index in [1.807, 2.05) is 0 Å². The lowest BCUT2D eigenvalue weighted by Gasteiger charge is -2.11. The summed E-state index contributed by atoms with van der Waals surface area (Å²) in [4.78, 5) is 24.5. The van der Waals surface area contributed by atoms with Crippen molar-refractivity contribution >= 4 is 17.4 Å². The largest absolute Gasteiger partial charge is 0.497 e. The number of halogens is 1. The Kier molecular flexibility index (Phi) is 5.27. The SMILES string of the molecule is COc1cccc(NC(=O)C(C#N)C(=O)c2ccc(C)c(F)c2)c1. The Balaban J connectivity index is 2.20. The van der Waals surface area contributed by atoms with Gasteiger partial charge in [0.15, 0.2) is 11.7 Å². The minimum atomic E-state index is -1.57. The average molecular weight is 326 g/mol. The van der Waals surface area contributed by atoms with E-state index in [0.717, 1.165) is 6.07 Å². The van der Waals surface area contributed by atoms with Crippen molar-refractivity contribution in [1.29, 1.82) is 5.26 Å². The van der Waals surface area contributed by atoms with E-state index in [4.69, 9.17) is 4.74 Å². The van der Waals surface area contributed by atoms with Crippen molar-refractivity contribution in [1.82, 2.24) is 0 Å². The second-order valence-electron chi connectivity index (χ2n) is 5.11. The zero-order valence-electron chi connectivity index (χ0n) is 13.2. The molecular weight excluding hydrogens is 311 g/mol. The first-order valence-electron chi connectivity index (χ1n) is 7.11. The summed E-state index contributed by atoms with van der Waals surface area (Å²) in [5.41, 5.74) is 0.744. The lowest BCUT2D eigenvalue weighted by Crippen LogP contribution is -2.28. The predicted molar refractivity (Wildman–Crippen MR) is 86.2 cm³/mol. The minimum absolute atomic E-state index is 0.0227. The molecule has 1 N–H and O–H groups in total. The van der Waals surface area contributed by atoms with Gasteiger partial charge in [-0.2, -0.15) is 5.26 Å². The molecule has 1 amide bonds. The highest BCUT2D eigenvalue weighted by molar-refractivity contribution is 6.15. The zero-order chi connectivity index (χ0) is 17.7. The van der Waals surface area contributed by atoms with Crippen LogP contribution in [0.5, 0.6) is 5.75 Å². The number of carbonyl (C=O) groups excluding carboxylic acids is 2. The molecule has 2 aromatic carbocycles. The normalized spacial score (nSPS) is 11.2. The number of nitrogens with zero attached hydrogens (tertiary/aromatic N) is 1. The van der Waals surface area contributed by atoms with Gasteiger partial charge in [0.2, 0.25) is 5.91 Å². The van der Waals surface area contributed by atoms with Crippen LogP contribution in [-0.4, -0.2) is 18.8 Å². The van der Waals surface area contributed by atoms with Gasteiger partial charge in [-0.1, -0.05) is 18.2 Å². The first kappa shape index (κ1) is 17.2. The molecule has 0 aliphatic heterocycles. The number of hydrogen-bond acceptors (Lipinski definition) is 4. The number of nitriles is 1. The highest BCUT2D eigenvalue weighted by atomic mass is 19.1. The topological polar surface area (TPSA) is 79.2 Å². The van der Waals surface area contributed by atoms with Crippen LogP contribution >= 0.6 is 0 Å². The van der Waals surface area contributed by atoms with Crippen LogP contribution in [0.2, 0.25) is 0 Å². The molecule has 0 radical (unpaired) electrons. The molecule has 2 aromatic rings. The highest BCUT2D eigenvalue weighted by Gasteiger charge is 2.28. The van der Waals surface area contributed by atoms with E-state index in [-0.39, 0.29) is 5.56 Å². The lowest BCUT2D eigenvalue weighted by molar-refractivity contribution is -0.117. The molecule has 2 rings (SSSR count). The number of amides is 1. The van der Waals surface area contributed by atoms with Crippen molar-refractivity contribution in [3.8, 4) is 11.8 Å². The van der Waals surface area contributed by atoms with Gasteiger partial charge in [-0.15, -0.1) is 0 Å². The maximum Gasteiger partial charge on any atom is 0.249 e. The number of methoxy groups -OCH3 is 1. The van der Waals surface area contributed by atoms with Crippen LogP contribution < -0.4 is 10.1 Å². The fourth-order valence-electron chi connectivity index (χ4n) is 2.06. The standard InChI is InChI=1S/C18H15FN2O3/c1-11-6-7-12(8-16(11)19)17(22)15(10-20)18(23)21-13-4-3-5-14(9-13)24-2/h3-9,15H,1-2H3,(H,21,23). The summed E-state index contributed by atoms with van der Waals surface area (Å²) < 4.78 is 18.6. The van der Waals surface area contributed by atoms with Crippen molar-refractivity contribution in [2.75, 3.05) is 12.4 Å². The van der Waals surface area contributed by atoms with Crippen LogP contribution in [0, 0.1) is 30.0 Å². The first-order valence-corrected chi connectivity index (χ1v) is 7.11. The monoisotopic (exact) mass is 326 g/mol. The molecule has 0 saturated carbocycles. The Morgan fingerprint density at radius 2 is 2.00 bits per heavy atom. The molecule has 0 spiro atoms. The molecular formula is C18H15FN2O3. The molecule has 5 nitrogen and oxygen atoms in total. The van der Waals surface area contributed by atoms with Crippen LogP contribution in [0.1, 0.15) is 15.9 Å². The van der Waals surface area contributed by atoms with Crippen LogP contribution in [0.15, 0.2) is 42.5 Å². The molecule has 122 valence electrons. The van der Waals surface area contributed by atoms with E-state index in [1.165, 1.54) is 19.2 Å². The van der Waals surface area contributed by atoms with Crippen LogP contribution in [-0.2, 0) is 4.79 Å². The van der Waals surface area contributed by atoms with E-state index < -0.39 is 23.4 Å². The molecule has 1 unspecified atom stereocenters. The van der Waals surface area contributed by atoms with Crippen molar-refractivity contribution in [3.05, 3.63) is 59.4 Å². The predicted octanol–water partition coefficient (Wildman–Crippen LogP) is 3.10. The number of aryl methyl sites for hydroxylation is 1. The molecule has 0 aromatic heterocycles. The zero-order valence-corrected chi connectivity index (χ0v) is 13.2. The molecule has 0 aliphatic carbocycles. The van der Waals surface area contributed by atoms with Gasteiger partial charge in [0.25, 0.3) is 0 Å². The van der Waals surface area contributed by atoms with E-state index >= 15 is 0 Å². The van der Waals surface area contributed by atoms with Crippen molar-refractivity contribution < 1.29 is 18.7 Å². The Hall–Kier alpha value is -3.20. The van der Waals surface area contributed by atoms with Crippen molar-refractivity contribution in [2.24, 2.45) is 5.92 Å². The first-order chi connectivity index (χ1) is 11.5. The number of benzene rings is 2. The third-order valence-electron chi connectivity index (χ3n) is 3.45. The molecule has 0 saturated heterocycles. The summed E-state index contributed by atoms with van der Waals surface area (Å²) in [6.07, 6.45) is 0. The van der Waals surface area contributed by atoms with Crippen LogP contribution in [0.4, 0.5) is 10.1 Å². The number of Topliss-reactive ketones (excluding diaryl/α,β-unsaturated/α-hetero) is 1. The van der Waals surface area contributed by atoms with E-state index in [9.17, 15) is 19.2 Å². The van der Waals surface area contributed by atoms with E-state index in [1.54, 1.807) is 37.3 Å². The second-order valence-corrected chi connectivity index (χ2v) is 5.11. The summed E-state index contributed by atoms with van der Waals surface area (Å²) in [5, 5.41) is 11.7. The molecule has 0 aliphatic rings. The lowest BCUT2D eigenvalue weighted by atomic mass is 9.97. The van der Waals surface area contributed by atoms with Gasteiger partial charge in [-0.3, -0.25) is 9.59 Å². The Morgan fingerprint density at radius 3 is 2.62 bits per heavy atom. The Labute approximate surface area is 138 Å². The van der Waals surface area contributed by atoms with Crippen molar-refractivity contribution in [2.45, 2.75) is 6.92 Å². The minimum Gasteiger partial charge on any atom is -0.497 e.